The van der Waals surface area contributed by atoms with Crippen LogP contribution >= 0.6 is 22.9 Å². The number of nitrogens with zero attached hydrogens (tertiary/aromatic N) is 1. The fourth-order valence-corrected chi connectivity index (χ4v) is 3.39. The highest BCUT2D eigenvalue weighted by Gasteiger charge is 2.14. The van der Waals surface area contributed by atoms with E-state index in [-0.39, 0.29) is 17.9 Å². The van der Waals surface area contributed by atoms with E-state index in [1.165, 1.54) is 16.9 Å². The smallest absolute Gasteiger partial charge is 0.264 e. The Bertz CT molecular complexity index is 930. The molecule has 3 rings (SSSR count). The van der Waals surface area contributed by atoms with Gasteiger partial charge in [0.1, 0.15) is 5.75 Å². The minimum atomic E-state index is -0.279. The van der Waals surface area contributed by atoms with Crippen molar-refractivity contribution in [2.75, 3.05) is 11.9 Å². The number of nitrogens with one attached hydrogen (secondary N) is 1. The molecule has 0 fully saturated rings. The van der Waals surface area contributed by atoms with Crippen LogP contribution in [0.1, 0.15) is 26.3 Å². The summed E-state index contributed by atoms with van der Waals surface area (Å²) < 4.78 is 5.44. The molecule has 140 valence electrons. The molecule has 3 aromatic rings. The van der Waals surface area contributed by atoms with Crippen LogP contribution in [0.5, 0.6) is 5.75 Å². The summed E-state index contributed by atoms with van der Waals surface area (Å²) in [5.74, 6) is 0.201. The van der Waals surface area contributed by atoms with E-state index in [0.29, 0.717) is 15.9 Å². The second-order valence-electron chi connectivity index (χ2n) is 7.13. The van der Waals surface area contributed by atoms with Crippen molar-refractivity contribution in [2.45, 2.75) is 26.2 Å². The second-order valence-corrected chi connectivity index (χ2v) is 8.40. The van der Waals surface area contributed by atoms with Gasteiger partial charge in [-0.2, -0.15) is 0 Å². The van der Waals surface area contributed by atoms with Crippen LogP contribution in [0.4, 0.5) is 5.13 Å². The summed E-state index contributed by atoms with van der Waals surface area (Å²) in [6.07, 6.45) is 0. The summed E-state index contributed by atoms with van der Waals surface area (Å²) in [5.41, 5.74) is 3.24. The predicted molar refractivity (Wildman–Crippen MR) is 112 cm³/mol. The molecule has 1 N–H and O–H groups in total. The normalized spacial score (nSPS) is 11.3. The number of carbonyl (C=O) groups excluding carboxylic acids is 1. The Morgan fingerprint density at radius 1 is 1.15 bits per heavy atom. The van der Waals surface area contributed by atoms with Crippen molar-refractivity contribution in [2.24, 2.45) is 0 Å². The average Bonchev–Trinajstić information content (AvgIpc) is 3.09. The van der Waals surface area contributed by atoms with E-state index in [1.807, 2.05) is 5.38 Å². The van der Waals surface area contributed by atoms with Crippen molar-refractivity contribution in [3.63, 3.8) is 0 Å². The van der Waals surface area contributed by atoms with Crippen molar-refractivity contribution >= 4 is 34.0 Å². The highest BCUT2D eigenvalue weighted by Crippen LogP contribution is 2.28. The average molecular weight is 401 g/mol. The molecule has 1 amide bonds. The van der Waals surface area contributed by atoms with Gasteiger partial charge in [-0.3, -0.25) is 10.1 Å². The van der Waals surface area contributed by atoms with Crippen molar-refractivity contribution < 1.29 is 9.53 Å². The van der Waals surface area contributed by atoms with Gasteiger partial charge < -0.3 is 4.74 Å². The molecular weight excluding hydrogens is 380 g/mol. The minimum Gasteiger partial charge on any atom is -0.482 e. The first-order valence-electron chi connectivity index (χ1n) is 8.56. The monoisotopic (exact) mass is 400 g/mol. The quantitative estimate of drug-likeness (QED) is 0.590. The van der Waals surface area contributed by atoms with Crippen LogP contribution < -0.4 is 10.1 Å². The van der Waals surface area contributed by atoms with Gasteiger partial charge in [-0.15, -0.1) is 11.3 Å². The van der Waals surface area contributed by atoms with Gasteiger partial charge in [-0.05, 0) is 23.1 Å². The van der Waals surface area contributed by atoms with E-state index in [4.69, 9.17) is 16.3 Å². The molecule has 0 aliphatic heterocycles. The Balaban J connectivity index is 1.60. The summed E-state index contributed by atoms with van der Waals surface area (Å²) >= 11 is 7.39. The molecule has 0 aliphatic carbocycles. The number of hydrogen-bond acceptors (Lipinski definition) is 4. The molecule has 0 saturated carbocycles. The fourth-order valence-electron chi connectivity index (χ4n) is 2.47. The van der Waals surface area contributed by atoms with E-state index in [1.54, 1.807) is 24.3 Å². The molecule has 4 nitrogen and oxygen atoms in total. The summed E-state index contributed by atoms with van der Waals surface area (Å²) in [7, 11) is 0. The maximum Gasteiger partial charge on any atom is 0.264 e. The Morgan fingerprint density at radius 2 is 1.85 bits per heavy atom. The van der Waals surface area contributed by atoms with Crippen molar-refractivity contribution in [3.05, 3.63) is 64.5 Å². The molecule has 0 spiro atoms. The second kappa shape index (κ2) is 8.11. The number of ether oxygens (including phenoxy) is 1. The van der Waals surface area contributed by atoms with Gasteiger partial charge in [0, 0.05) is 10.9 Å². The zero-order valence-electron chi connectivity index (χ0n) is 15.5. The number of anilines is 1. The first-order chi connectivity index (χ1) is 12.8. The molecule has 0 unspecified atom stereocenters. The Hall–Kier alpha value is -2.37. The largest absolute Gasteiger partial charge is 0.482 e. The third-order valence-corrected chi connectivity index (χ3v) is 5.06. The molecule has 0 atom stereocenters. The Kier molecular flexibility index (Phi) is 5.82. The number of halogens is 1. The van der Waals surface area contributed by atoms with E-state index in [2.05, 4.69) is 55.3 Å². The van der Waals surface area contributed by atoms with Gasteiger partial charge in [0.15, 0.2) is 11.7 Å². The summed E-state index contributed by atoms with van der Waals surface area (Å²) in [6, 6.07) is 15.4. The molecule has 0 saturated heterocycles. The molecule has 0 radical (unpaired) electrons. The first-order valence-corrected chi connectivity index (χ1v) is 9.82. The SMILES string of the molecule is CC(C)(C)c1ccc(-c2csc(NC(=O)COc3ccccc3Cl)n2)cc1. The van der Waals surface area contributed by atoms with Gasteiger partial charge in [0.05, 0.1) is 10.7 Å². The number of benzene rings is 2. The Morgan fingerprint density at radius 3 is 2.52 bits per heavy atom. The van der Waals surface area contributed by atoms with Gasteiger partial charge >= 0.3 is 0 Å². The molecular formula is C21H21ClN2O2S. The molecule has 6 heteroatoms. The first kappa shape index (κ1) is 19.4. The number of thiazole rings is 1. The standard InChI is InChI=1S/C21H21ClN2O2S/c1-21(2,3)15-10-8-14(9-11-15)17-13-27-20(23-17)24-19(25)12-26-18-7-5-4-6-16(18)22/h4-11,13H,12H2,1-3H3,(H,23,24,25). The van der Waals surface area contributed by atoms with Gasteiger partial charge in [0.2, 0.25) is 0 Å². The van der Waals surface area contributed by atoms with Crippen LogP contribution in [-0.4, -0.2) is 17.5 Å². The highest BCUT2D eigenvalue weighted by molar-refractivity contribution is 7.14. The van der Waals surface area contributed by atoms with Crippen LogP contribution in [0.15, 0.2) is 53.9 Å². The number of amides is 1. The molecule has 1 heterocycles. The minimum absolute atomic E-state index is 0.112. The van der Waals surface area contributed by atoms with Crippen LogP contribution in [0.2, 0.25) is 5.02 Å². The maximum absolute atomic E-state index is 12.1. The number of para-hydroxylation sites is 1. The van der Waals surface area contributed by atoms with Gasteiger partial charge in [-0.1, -0.05) is 68.8 Å². The summed E-state index contributed by atoms with van der Waals surface area (Å²) in [4.78, 5) is 16.6. The third-order valence-electron chi connectivity index (χ3n) is 3.99. The van der Waals surface area contributed by atoms with Crippen LogP contribution in [0, 0.1) is 0 Å². The molecule has 27 heavy (non-hydrogen) atoms. The number of carbonyl (C=O) groups is 1. The summed E-state index contributed by atoms with van der Waals surface area (Å²) in [6.45, 7) is 6.43. The topological polar surface area (TPSA) is 51.2 Å². The highest BCUT2D eigenvalue weighted by atomic mass is 35.5. The number of rotatable bonds is 5. The zero-order valence-corrected chi connectivity index (χ0v) is 17.0. The van der Waals surface area contributed by atoms with E-state index < -0.39 is 0 Å². The molecule has 0 aliphatic rings. The lowest BCUT2D eigenvalue weighted by molar-refractivity contribution is -0.118. The van der Waals surface area contributed by atoms with Gasteiger partial charge in [-0.25, -0.2) is 4.98 Å². The van der Waals surface area contributed by atoms with Crippen LogP contribution in [0.25, 0.3) is 11.3 Å². The van der Waals surface area contributed by atoms with Crippen molar-refractivity contribution in [1.29, 1.82) is 0 Å². The number of hydrogen-bond donors (Lipinski definition) is 1. The summed E-state index contributed by atoms with van der Waals surface area (Å²) in [5, 5.41) is 5.70. The lowest BCUT2D eigenvalue weighted by Crippen LogP contribution is -2.20. The van der Waals surface area contributed by atoms with E-state index in [0.717, 1.165) is 11.3 Å². The van der Waals surface area contributed by atoms with Crippen LogP contribution in [0.3, 0.4) is 0 Å². The number of aromatic nitrogens is 1. The zero-order chi connectivity index (χ0) is 19.4. The van der Waals surface area contributed by atoms with Crippen LogP contribution in [-0.2, 0) is 10.2 Å². The fraction of sp³-hybridized carbons (Fsp3) is 0.238. The Labute approximate surface area is 168 Å². The third kappa shape index (κ3) is 5.08. The molecule has 1 aromatic heterocycles. The van der Waals surface area contributed by atoms with E-state index >= 15 is 0 Å². The van der Waals surface area contributed by atoms with Gasteiger partial charge in [0.25, 0.3) is 5.91 Å². The lowest BCUT2D eigenvalue weighted by atomic mass is 9.86. The predicted octanol–water partition coefficient (Wildman–Crippen LogP) is 5.78. The van der Waals surface area contributed by atoms with Crippen molar-refractivity contribution in [3.8, 4) is 17.0 Å². The molecule has 2 aromatic carbocycles. The molecule has 0 bridgehead atoms. The van der Waals surface area contributed by atoms with E-state index in [9.17, 15) is 4.79 Å². The maximum atomic E-state index is 12.1. The van der Waals surface area contributed by atoms with Crippen molar-refractivity contribution in [1.82, 2.24) is 4.98 Å². The lowest BCUT2D eigenvalue weighted by Gasteiger charge is -2.18.